The summed E-state index contributed by atoms with van der Waals surface area (Å²) in [5, 5.41) is 11.8. The summed E-state index contributed by atoms with van der Waals surface area (Å²) < 4.78 is 0. The van der Waals surface area contributed by atoms with Crippen molar-refractivity contribution in [2.45, 2.75) is 57.4 Å². The van der Waals surface area contributed by atoms with Crippen LogP contribution in [0.3, 0.4) is 0 Å². The number of carbonyl (C=O) groups is 2. The number of amides is 2. The first-order valence-corrected chi connectivity index (χ1v) is 12.2. The fourth-order valence-corrected chi connectivity index (χ4v) is 5.39. The standard InChI is InChI=1S/C20H27N3O3.C5H10/c24-19(15-6-7-15)23-12-16-10-22(11-17(16)13-23)9-8-18(21-20(25)26)14-4-2-1-3-5-14;1-2-4-5-3-1/h1-5,15-18,21H,6-13H2,(H,25,26);1-5H2/t16-,17?,18?;/m0./s1. The van der Waals surface area contributed by atoms with Crippen LogP contribution < -0.4 is 5.32 Å². The molecule has 2 saturated heterocycles. The minimum absolute atomic E-state index is 0.179. The normalized spacial score (nSPS) is 26.1. The molecule has 0 spiro atoms. The van der Waals surface area contributed by atoms with Gasteiger partial charge in [0.2, 0.25) is 5.91 Å². The molecule has 6 heteroatoms. The predicted octanol–water partition coefficient (Wildman–Crippen LogP) is 4.14. The van der Waals surface area contributed by atoms with Crippen LogP contribution in [0.2, 0.25) is 0 Å². The molecular weight excluding hydrogens is 390 g/mol. The molecule has 4 fully saturated rings. The van der Waals surface area contributed by atoms with Crippen LogP contribution in [-0.2, 0) is 4.79 Å². The molecule has 5 rings (SSSR count). The Kier molecular flexibility index (Phi) is 7.49. The number of nitrogens with one attached hydrogen (secondary N) is 1. The van der Waals surface area contributed by atoms with Crippen LogP contribution in [0.5, 0.6) is 0 Å². The van der Waals surface area contributed by atoms with Crippen molar-refractivity contribution in [3.8, 4) is 0 Å². The second-order valence-electron chi connectivity index (χ2n) is 9.77. The van der Waals surface area contributed by atoms with Crippen molar-refractivity contribution in [3.63, 3.8) is 0 Å². The maximum atomic E-state index is 12.2. The van der Waals surface area contributed by atoms with Crippen LogP contribution in [0.1, 0.15) is 63.0 Å². The van der Waals surface area contributed by atoms with Crippen LogP contribution in [-0.4, -0.2) is 59.6 Å². The van der Waals surface area contributed by atoms with Crippen molar-refractivity contribution in [1.82, 2.24) is 15.1 Å². The van der Waals surface area contributed by atoms with E-state index in [4.69, 9.17) is 5.11 Å². The van der Waals surface area contributed by atoms with Crippen molar-refractivity contribution >= 4 is 12.0 Å². The molecule has 2 unspecified atom stereocenters. The minimum atomic E-state index is -0.980. The van der Waals surface area contributed by atoms with Crippen molar-refractivity contribution in [1.29, 1.82) is 0 Å². The summed E-state index contributed by atoms with van der Waals surface area (Å²) in [5.41, 5.74) is 1.01. The number of rotatable bonds is 6. The highest BCUT2D eigenvalue weighted by Gasteiger charge is 2.44. The summed E-state index contributed by atoms with van der Waals surface area (Å²) in [4.78, 5) is 27.9. The van der Waals surface area contributed by atoms with Crippen LogP contribution in [0.4, 0.5) is 4.79 Å². The molecule has 0 aromatic heterocycles. The van der Waals surface area contributed by atoms with Crippen LogP contribution in [0.15, 0.2) is 30.3 Å². The molecule has 31 heavy (non-hydrogen) atoms. The lowest BCUT2D eigenvalue weighted by Gasteiger charge is -2.24. The molecule has 3 atom stereocenters. The number of nitrogens with zero attached hydrogens (tertiary/aromatic N) is 2. The van der Waals surface area contributed by atoms with Crippen molar-refractivity contribution in [2.24, 2.45) is 17.8 Å². The summed E-state index contributed by atoms with van der Waals surface area (Å²) in [6.07, 6.45) is 9.44. The minimum Gasteiger partial charge on any atom is -0.465 e. The van der Waals surface area contributed by atoms with Gasteiger partial charge >= 0.3 is 6.09 Å². The van der Waals surface area contributed by atoms with Gasteiger partial charge in [0.1, 0.15) is 0 Å². The first kappa shape index (κ1) is 22.1. The molecule has 170 valence electrons. The zero-order valence-electron chi connectivity index (χ0n) is 18.5. The largest absolute Gasteiger partial charge is 0.465 e. The second-order valence-corrected chi connectivity index (χ2v) is 9.77. The third-order valence-electron chi connectivity index (χ3n) is 7.28. The summed E-state index contributed by atoms with van der Waals surface area (Å²) in [6, 6.07) is 9.59. The summed E-state index contributed by atoms with van der Waals surface area (Å²) in [7, 11) is 0. The molecule has 1 aromatic rings. The first-order valence-electron chi connectivity index (χ1n) is 12.2. The number of carbonyl (C=O) groups excluding carboxylic acids is 1. The molecule has 2 saturated carbocycles. The Balaban J connectivity index is 0.000000407. The van der Waals surface area contributed by atoms with Gasteiger partial charge < -0.3 is 20.2 Å². The van der Waals surface area contributed by atoms with E-state index in [1.807, 2.05) is 30.3 Å². The highest BCUT2D eigenvalue weighted by Crippen LogP contribution is 2.37. The lowest BCUT2D eigenvalue weighted by atomic mass is 10.0. The van der Waals surface area contributed by atoms with E-state index >= 15 is 0 Å². The summed E-state index contributed by atoms with van der Waals surface area (Å²) >= 11 is 0. The monoisotopic (exact) mass is 427 g/mol. The quantitative estimate of drug-likeness (QED) is 0.716. The predicted molar refractivity (Wildman–Crippen MR) is 121 cm³/mol. The Hall–Kier alpha value is -2.08. The topological polar surface area (TPSA) is 72.9 Å². The van der Waals surface area contributed by atoms with Crippen LogP contribution >= 0.6 is 0 Å². The average Bonchev–Trinajstić information content (AvgIpc) is 3.14. The van der Waals surface area contributed by atoms with Gasteiger partial charge in [0.15, 0.2) is 0 Å². The van der Waals surface area contributed by atoms with E-state index in [2.05, 4.69) is 15.1 Å². The average molecular weight is 428 g/mol. The second kappa shape index (κ2) is 10.5. The summed E-state index contributed by atoms with van der Waals surface area (Å²) in [6.45, 7) is 4.74. The van der Waals surface area contributed by atoms with Crippen molar-refractivity contribution in [2.75, 3.05) is 32.7 Å². The van der Waals surface area contributed by atoms with Crippen molar-refractivity contribution < 1.29 is 14.7 Å². The number of fused-ring (bicyclic) bond motifs is 1. The zero-order chi connectivity index (χ0) is 21.6. The third-order valence-corrected chi connectivity index (χ3v) is 7.28. The maximum absolute atomic E-state index is 12.2. The van der Waals surface area contributed by atoms with Gasteiger partial charge in [0.25, 0.3) is 0 Å². The van der Waals surface area contributed by atoms with Crippen LogP contribution in [0.25, 0.3) is 0 Å². The van der Waals surface area contributed by atoms with E-state index in [0.29, 0.717) is 23.7 Å². The third kappa shape index (κ3) is 6.22. The van der Waals surface area contributed by atoms with Gasteiger partial charge in [0.05, 0.1) is 6.04 Å². The van der Waals surface area contributed by atoms with E-state index in [0.717, 1.165) is 57.5 Å². The van der Waals surface area contributed by atoms with Gasteiger partial charge in [-0.05, 0) is 36.7 Å². The molecule has 0 radical (unpaired) electrons. The zero-order valence-corrected chi connectivity index (χ0v) is 18.5. The smallest absolute Gasteiger partial charge is 0.405 e. The highest BCUT2D eigenvalue weighted by molar-refractivity contribution is 5.81. The van der Waals surface area contributed by atoms with Gasteiger partial charge in [-0.3, -0.25) is 4.79 Å². The van der Waals surface area contributed by atoms with Crippen LogP contribution in [0, 0.1) is 17.8 Å². The number of likely N-dealkylation sites (tertiary alicyclic amines) is 2. The first-order chi connectivity index (χ1) is 15.1. The Morgan fingerprint density at radius 2 is 1.52 bits per heavy atom. The molecule has 2 aliphatic heterocycles. The lowest BCUT2D eigenvalue weighted by molar-refractivity contribution is -0.131. The van der Waals surface area contributed by atoms with Gasteiger partial charge in [0, 0.05) is 38.6 Å². The molecule has 2 amide bonds. The Morgan fingerprint density at radius 1 is 0.935 bits per heavy atom. The molecule has 2 heterocycles. The molecule has 6 nitrogen and oxygen atoms in total. The Labute approximate surface area is 186 Å². The Bertz CT molecular complexity index is 711. The molecule has 2 N–H and O–H groups in total. The highest BCUT2D eigenvalue weighted by atomic mass is 16.4. The fraction of sp³-hybridized carbons (Fsp3) is 0.680. The number of carboxylic acid groups (broad SMARTS) is 1. The van der Waals surface area contributed by atoms with Gasteiger partial charge in [-0.25, -0.2) is 4.79 Å². The van der Waals surface area contributed by atoms with E-state index in [1.165, 1.54) is 32.1 Å². The number of hydrogen-bond acceptors (Lipinski definition) is 3. The SMILES string of the molecule is C1CCCC1.O=C(O)NC(CCN1CC2CN(C(=O)C3CC3)C[C@@H]2C1)c1ccccc1. The van der Waals surface area contributed by atoms with Gasteiger partial charge in [-0.2, -0.15) is 0 Å². The van der Waals surface area contributed by atoms with Gasteiger partial charge in [-0.15, -0.1) is 0 Å². The van der Waals surface area contributed by atoms with E-state index in [9.17, 15) is 9.59 Å². The summed E-state index contributed by atoms with van der Waals surface area (Å²) in [5.74, 6) is 1.86. The maximum Gasteiger partial charge on any atom is 0.405 e. The number of benzene rings is 1. The Morgan fingerprint density at radius 3 is 2.03 bits per heavy atom. The van der Waals surface area contributed by atoms with E-state index in [-0.39, 0.29) is 6.04 Å². The molecule has 2 aliphatic carbocycles. The molecular formula is C25H37N3O3. The molecule has 0 bridgehead atoms. The molecule has 1 aromatic carbocycles. The van der Waals surface area contributed by atoms with Crippen molar-refractivity contribution in [3.05, 3.63) is 35.9 Å². The number of hydrogen-bond donors (Lipinski definition) is 2. The lowest BCUT2D eigenvalue weighted by Crippen LogP contribution is -2.35. The van der Waals surface area contributed by atoms with E-state index < -0.39 is 6.09 Å². The van der Waals surface area contributed by atoms with Gasteiger partial charge in [-0.1, -0.05) is 62.4 Å². The molecule has 4 aliphatic rings. The van der Waals surface area contributed by atoms with E-state index in [1.54, 1.807) is 0 Å². The fourth-order valence-electron chi connectivity index (χ4n) is 5.39.